The molecule has 0 aliphatic carbocycles. The van der Waals surface area contributed by atoms with E-state index in [0.717, 1.165) is 29.8 Å². The van der Waals surface area contributed by atoms with Crippen LogP contribution in [0.2, 0.25) is 0 Å². The summed E-state index contributed by atoms with van der Waals surface area (Å²) in [6, 6.07) is 4.82. The number of aromatic nitrogens is 1. The first-order chi connectivity index (χ1) is 10.3. The van der Waals surface area contributed by atoms with Crippen LogP contribution in [0.3, 0.4) is 0 Å². The molecule has 22 heavy (non-hydrogen) atoms. The van der Waals surface area contributed by atoms with Crippen molar-refractivity contribution in [1.29, 1.82) is 0 Å². The molecule has 122 valence electrons. The number of sulfonamides is 1. The van der Waals surface area contributed by atoms with E-state index in [1.165, 1.54) is 0 Å². The lowest BCUT2D eigenvalue weighted by molar-refractivity contribution is 0.400. The smallest absolute Gasteiger partial charge is 0.308 e. The second-order valence-electron chi connectivity index (χ2n) is 5.30. The van der Waals surface area contributed by atoms with Gasteiger partial charge in [-0.15, -0.1) is 0 Å². The highest BCUT2D eigenvalue weighted by atomic mass is 32.2. The number of hydrogen-bond acceptors (Lipinski definition) is 5. The third-order valence-corrected chi connectivity index (χ3v) is 5.74. The van der Waals surface area contributed by atoms with Crippen LogP contribution in [0.5, 0.6) is 0 Å². The van der Waals surface area contributed by atoms with E-state index in [4.69, 9.17) is 0 Å². The van der Waals surface area contributed by atoms with Gasteiger partial charge in [-0.3, -0.25) is 9.36 Å². The zero-order valence-corrected chi connectivity index (χ0v) is 14.6. The Hall–Kier alpha value is -1.22. The van der Waals surface area contributed by atoms with E-state index in [1.807, 2.05) is 25.9 Å². The van der Waals surface area contributed by atoms with Crippen molar-refractivity contribution in [2.24, 2.45) is 0 Å². The van der Waals surface area contributed by atoms with Crippen molar-refractivity contribution in [3.63, 3.8) is 0 Å². The molecule has 0 spiro atoms. The summed E-state index contributed by atoms with van der Waals surface area (Å²) in [6.07, 6.45) is 0.744. The fraction of sp³-hybridized carbons (Fsp3) is 0.500. The molecule has 1 N–H and O–H groups in total. The zero-order chi connectivity index (χ0) is 16.3. The van der Waals surface area contributed by atoms with Crippen LogP contribution < -0.4 is 9.60 Å². The first-order valence-electron chi connectivity index (χ1n) is 7.13. The second-order valence-corrected chi connectivity index (χ2v) is 8.06. The SMILES string of the molecule is CCn1c(=O)sc2cc(S(=O)(=O)NCCCN(C)C)ccc21. The Bertz CT molecular complexity index is 806. The monoisotopic (exact) mass is 343 g/mol. The highest BCUT2D eigenvalue weighted by molar-refractivity contribution is 7.89. The molecule has 0 saturated carbocycles. The normalized spacial score (nSPS) is 12.4. The van der Waals surface area contributed by atoms with Gasteiger partial charge in [0.05, 0.1) is 15.1 Å². The second kappa shape index (κ2) is 6.91. The molecule has 0 fully saturated rings. The lowest BCUT2D eigenvalue weighted by Crippen LogP contribution is -2.27. The minimum Gasteiger partial charge on any atom is -0.309 e. The molecule has 6 nitrogen and oxygen atoms in total. The van der Waals surface area contributed by atoms with Gasteiger partial charge in [0.2, 0.25) is 10.0 Å². The summed E-state index contributed by atoms with van der Waals surface area (Å²) in [7, 11) is 0.361. The number of benzene rings is 1. The van der Waals surface area contributed by atoms with Crippen molar-refractivity contribution in [2.45, 2.75) is 24.8 Å². The quantitative estimate of drug-likeness (QED) is 0.770. The Morgan fingerprint density at radius 2 is 2.05 bits per heavy atom. The van der Waals surface area contributed by atoms with Crippen LogP contribution in [-0.2, 0) is 16.6 Å². The molecule has 0 amide bonds. The molecule has 2 aromatic rings. The summed E-state index contributed by atoms with van der Waals surface area (Å²) in [6.45, 7) is 3.69. The molecule has 0 saturated heterocycles. The van der Waals surface area contributed by atoms with Crippen LogP contribution in [0.15, 0.2) is 27.9 Å². The van der Waals surface area contributed by atoms with E-state index in [1.54, 1.807) is 22.8 Å². The summed E-state index contributed by atoms with van der Waals surface area (Å²) in [5.41, 5.74) is 0.782. The van der Waals surface area contributed by atoms with Crippen LogP contribution in [0.25, 0.3) is 10.2 Å². The van der Waals surface area contributed by atoms with E-state index in [9.17, 15) is 13.2 Å². The Kier molecular flexibility index (Phi) is 5.38. The number of hydrogen-bond donors (Lipinski definition) is 1. The van der Waals surface area contributed by atoms with Gasteiger partial charge in [0, 0.05) is 13.1 Å². The van der Waals surface area contributed by atoms with E-state index in [0.29, 0.717) is 17.8 Å². The van der Waals surface area contributed by atoms with E-state index >= 15 is 0 Å². The van der Waals surface area contributed by atoms with Gasteiger partial charge in [-0.25, -0.2) is 13.1 Å². The maximum Gasteiger partial charge on any atom is 0.308 e. The fourth-order valence-electron chi connectivity index (χ4n) is 2.20. The Morgan fingerprint density at radius 1 is 1.32 bits per heavy atom. The summed E-state index contributed by atoms with van der Waals surface area (Å²) in [5.74, 6) is 0. The standard InChI is InChI=1S/C14H21N3O3S2/c1-4-17-12-7-6-11(10-13(12)21-14(17)18)22(19,20)15-8-5-9-16(2)3/h6-7,10,15H,4-5,8-9H2,1-3H3. The van der Waals surface area contributed by atoms with Gasteiger partial charge < -0.3 is 4.90 Å². The molecule has 1 aromatic carbocycles. The summed E-state index contributed by atoms with van der Waals surface area (Å²) in [4.78, 5) is 14.0. The first-order valence-corrected chi connectivity index (χ1v) is 9.43. The van der Waals surface area contributed by atoms with Gasteiger partial charge in [0.25, 0.3) is 0 Å². The van der Waals surface area contributed by atoms with Crippen molar-refractivity contribution in [2.75, 3.05) is 27.2 Å². The number of rotatable bonds is 7. The summed E-state index contributed by atoms with van der Waals surface area (Å²) < 4.78 is 29.5. The van der Waals surface area contributed by atoms with Crippen LogP contribution in [0.1, 0.15) is 13.3 Å². The zero-order valence-electron chi connectivity index (χ0n) is 13.0. The van der Waals surface area contributed by atoms with E-state index in [2.05, 4.69) is 4.72 Å². The lowest BCUT2D eigenvalue weighted by atomic mass is 10.3. The summed E-state index contributed by atoms with van der Waals surface area (Å²) in [5, 5.41) is 0. The van der Waals surface area contributed by atoms with Gasteiger partial charge in [0.15, 0.2) is 0 Å². The van der Waals surface area contributed by atoms with Gasteiger partial charge in [-0.05, 0) is 52.2 Å². The van der Waals surface area contributed by atoms with Gasteiger partial charge in [-0.1, -0.05) is 11.3 Å². The van der Waals surface area contributed by atoms with Crippen molar-refractivity contribution in [1.82, 2.24) is 14.2 Å². The number of fused-ring (bicyclic) bond motifs is 1. The molecule has 2 rings (SSSR count). The molecule has 1 aromatic heterocycles. The largest absolute Gasteiger partial charge is 0.309 e. The summed E-state index contributed by atoms with van der Waals surface area (Å²) >= 11 is 1.07. The number of thiazole rings is 1. The molecule has 1 heterocycles. The number of nitrogens with one attached hydrogen (secondary N) is 1. The topological polar surface area (TPSA) is 71.4 Å². The van der Waals surface area contributed by atoms with Crippen LogP contribution >= 0.6 is 11.3 Å². The van der Waals surface area contributed by atoms with Crippen molar-refractivity contribution >= 4 is 31.6 Å². The third kappa shape index (κ3) is 3.75. The average Bonchev–Trinajstić information content (AvgIpc) is 2.77. The molecule has 0 bridgehead atoms. The highest BCUT2D eigenvalue weighted by Crippen LogP contribution is 2.21. The molecule has 0 aliphatic heterocycles. The van der Waals surface area contributed by atoms with Crippen LogP contribution in [0, 0.1) is 0 Å². The Balaban J connectivity index is 2.21. The fourth-order valence-corrected chi connectivity index (χ4v) is 4.37. The highest BCUT2D eigenvalue weighted by Gasteiger charge is 2.16. The first kappa shape index (κ1) is 17.1. The number of nitrogens with zero attached hydrogens (tertiary/aromatic N) is 2. The maximum absolute atomic E-state index is 12.3. The van der Waals surface area contributed by atoms with E-state index < -0.39 is 10.0 Å². The molecule has 0 aliphatic rings. The molecule has 8 heteroatoms. The van der Waals surface area contributed by atoms with Crippen molar-refractivity contribution in [3.05, 3.63) is 27.9 Å². The number of aryl methyl sites for hydroxylation is 1. The predicted molar refractivity (Wildman–Crippen MR) is 90.1 cm³/mol. The molecule has 0 atom stereocenters. The Morgan fingerprint density at radius 3 is 2.68 bits per heavy atom. The minimum absolute atomic E-state index is 0.0639. The predicted octanol–water partition coefficient (Wildman–Crippen LogP) is 1.31. The Labute approximate surface area is 134 Å². The molecule has 0 unspecified atom stereocenters. The third-order valence-electron chi connectivity index (χ3n) is 3.34. The van der Waals surface area contributed by atoms with Crippen LogP contribution in [-0.4, -0.2) is 45.1 Å². The van der Waals surface area contributed by atoms with Gasteiger partial charge >= 0.3 is 4.87 Å². The van der Waals surface area contributed by atoms with Crippen molar-refractivity contribution in [3.8, 4) is 0 Å². The van der Waals surface area contributed by atoms with Gasteiger partial charge in [-0.2, -0.15) is 0 Å². The lowest BCUT2D eigenvalue weighted by Gasteiger charge is -2.10. The average molecular weight is 343 g/mol. The van der Waals surface area contributed by atoms with Crippen LogP contribution in [0.4, 0.5) is 0 Å². The molecule has 0 radical (unpaired) electrons. The molecular weight excluding hydrogens is 322 g/mol. The molecular formula is C14H21N3O3S2. The van der Waals surface area contributed by atoms with Crippen molar-refractivity contribution < 1.29 is 8.42 Å². The van der Waals surface area contributed by atoms with E-state index in [-0.39, 0.29) is 9.77 Å². The maximum atomic E-state index is 12.3. The minimum atomic E-state index is -3.53. The van der Waals surface area contributed by atoms with Gasteiger partial charge in [0.1, 0.15) is 0 Å².